The molecule has 0 atom stereocenters. The number of hydrogen-bond donors (Lipinski definition) is 2. The standard InChI is InChI=1S/C44H40F4N10O3/c1-25(2)58-23-35(44(46,47)48)53-40(58)29-11-8-26(9-12-29)22-57(36-16-17-49-39(54-36)37-38(28-13-14-28)51-24-52-43(37)61-3)19-18-50-41(59)32-20-27(10-15-33(32)45)21-34-30-6-4-5-7-31(30)42(60)56-55-34/h4-12,15-17,20,23-25,28H,13-14,18-19,21-22H2,1-3H3,(H,50,59)(H,56,60). The third-order valence-corrected chi connectivity index (χ3v) is 10.4. The molecular weight excluding hydrogens is 793 g/mol. The fourth-order valence-electron chi connectivity index (χ4n) is 7.21. The average Bonchev–Trinajstić information content (AvgIpc) is 4.00. The Morgan fingerprint density at radius 1 is 0.984 bits per heavy atom. The molecule has 2 N–H and O–H groups in total. The van der Waals surface area contributed by atoms with Gasteiger partial charge in [-0.3, -0.25) is 9.59 Å². The normalized spacial score (nSPS) is 12.9. The molecule has 13 nitrogen and oxygen atoms in total. The minimum absolute atomic E-state index is 0.0726. The molecule has 0 bridgehead atoms. The number of H-pyrrole nitrogens is 1. The lowest BCUT2D eigenvalue weighted by Crippen LogP contribution is -2.35. The Bertz CT molecular complexity index is 2780. The topological polar surface area (TPSA) is 157 Å². The Labute approximate surface area is 346 Å². The molecule has 3 aromatic carbocycles. The van der Waals surface area contributed by atoms with Crippen LogP contribution in [0.1, 0.15) is 77.2 Å². The summed E-state index contributed by atoms with van der Waals surface area (Å²) in [5, 5.41) is 10.7. The number of ether oxygens (including phenoxy) is 1. The van der Waals surface area contributed by atoms with E-state index in [4.69, 9.17) is 9.72 Å². The van der Waals surface area contributed by atoms with Gasteiger partial charge in [-0.25, -0.2) is 34.4 Å². The molecular formula is C44H40F4N10O3. The van der Waals surface area contributed by atoms with Crippen molar-refractivity contribution in [3.8, 4) is 28.7 Å². The summed E-state index contributed by atoms with van der Waals surface area (Å²) in [5.41, 5.74) is 2.42. The van der Waals surface area contributed by atoms with Crippen LogP contribution in [-0.4, -0.2) is 65.8 Å². The van der Waals surface area contributed by atoms with Gasteiger partial charge in [0, 0.05) is 61.4 Å². The number of carbonyl (C=O) groups is 1. The molecule has 4 aromatic heterocycles. The Morgan fingerprint density at radius 3 is 2.46 bits per heavy atom. The molecule has 0 unspecified atom stereocenters. The van der Waals surface area contributed by atoms with E-state index >= 15 is 4.39 Å². The van der Waals surface area contributed by atoms with Crippen LogP contribution in [0.5, 0.6) is 5.88 Å². The molecule has 7 aromatic rings. The molecule has 0 saturated heterocycles. The van der Waals surface area contributed by atoms with E-state index in [1.54, 1.807) is 80.7 Å². The van der Waals surface area contributed by atoms with Gasteiger partial charge >= 0.3 is 6.18 Å². The summed E-state index contributed by atoms with van der Waals surface area (Å²) in [7, 11) is 1.52. The number of alkyl halides is 3. The third kappa shape index (κ3) is 8.81. The second-order valence-electron chi connectivity index (χ2n) is 15.0. The predicted octanol–water partition coefficient (Wildman–Crippen LogP) is 7.69. The van der Waals surface area contributed by atoms with Crippen LogP contribution in [0.3, 0.4) is 0 Å². The number of fused-ring (bicyclic) bond motifs is 1. The molecule has 0 spiro atoms. The van der Waals surface area contributed by atoms with Gasteiger partial charge in [-0.05, 0) is 62.1 Å². The molecule has 17 heteroatoms. The second kappa shape index (κ2) is 16.9. The summed E-state index contributed by atoms with van der Waals surface area (Å²) in [5.74, 6) is 0.272. The predicted molar refractivity (Wildman–Crippen MR) is 220 cm³/mol. The van der Waals surface area contributed by atoms with Gasteiger partial charge in [0.2, 0.25) is 5.88 Å². The molecule has 1 aliphatic rings. The van der Waals surface area contributed by atoms with E-state index in [1.807, 2.05) is 4.90 Å². The van der Waals surface area contributed by atoms with E-state index in [0.717, 1.165) is 30.3 Å². The lowest BCUT2D eigenvalue weighted by Gasteiger charge is -2.25. The summed E-state index contributed by atoms with van der Waals surface area (Å²) in [6, 6.07) is 19.8. The van der Waals surface area contributed by atoms with Gasteiger partial charge in [-0.15, -0.1) is 0 Å². The maximum atomic E-state index is 15.2. The molecule has 0 aliphatic heterocycles. The highest BCUT2D eigenvalue weighted by atomic mass is 19.4. The number of aromatic amines is 1. The zero-order chi connectivity index (χ0) is 42.8. The van der Waals surface area contributed by atoms with Crippen LogP contribution < -0.4 is 20.5 Å². The van der Waals surface area contributed by atoms with Crippen LogP contribution in [0.2, 0.25) is 0 Å². The molecule has 1 amide bonds. The Kier molecular flexibility index (Phi) is 11.3. The molecule has 1 aliphatic carbocycles. The monoisotopic (exact) mass is 832 g/mol. The fourth-order valence-corrected chi connectivity index (χ4v) is 7.21. The van der Waals surface area contributed by atoms with Crippen molar-refractivity contribution < 1.29 is 27.1 Å². The number of carbonyl (C=O) groups excluding carboxylic acids is 1. The number of imidazole rings is 1. The highest BCUT2D eigenvalue weighted by Crippen LogP contribution is 2.45. The third-order valence-electron chi connectivity index (χ3n) is 10.4. The quantitative estimate of drug-likeness (QED) is 0.104. The summed E-state index contributed by atoms with van der Waals surface area (Å²) < 4.78 is 63.2. The molecule has 8 rings (SSSR count). The SMILES string of the molecule is COc1ncnc(C2CC2)c1-c1nccc(N(CCNC(=O)c2cc(Cc3n[nH]c(=O)c4ccccc34)ccc2F)Cc2ccc(-c3nc(C(F)(F)F)cn3C(C)C)cc2)n1. The highest BCUT2D eigenvalue weighted by Gasteiger charge is 2.35. The van der Waals surface area contributed by atoms with Gasteiger partial charge in [-0.1, -0.05) is 48.5 Å². The number of amides is 1. The molecule has 61 heavy (non-hydrogen) atoms. The van der Waals surface area contributed by atoms with Crippen LogP contribution >= 0.6 is 0 Å². The molecule has 4 heterocycles. The highest BCUT2D eigenvalue weighted by molar-refractivity contribution is 5.94. The van der Waals surface area contributed by atoms with Crippen molar-refractivity contribution in [2.24, 2.45) is 0 Å². The summed E-state index contributed by atoms with van der Waals surface area (Å²) in [6.45, 7) is 4.12. The molecule has 1 fully saturated rings. The fraction of sp³-hybridized carbons (Fsp3) is 0.273. The number of anilines is 1. The van der Waals surface area contributed by atoms with Gasteiger partial charge in [0.05, 0.1) is 29.4 Å². The Hall–Kier alpha value is -7.04. The largest absolute Gasteiger partial charge is 0.480 e. The summed E-state index contributed by atoms with van der Waals surface area (Å²) >= 11 is 0. The van der Waals surface area contributed by atoms with Crippen molar-refractivity contribution in [1.29, 1.82) is 0 Å². The van der Waals surface area contributed by atoms with Crippen molar-refractivity contribution in [2.45, 2.75) is 57.8 Å². The molecule has 312 valence electrons. The van der Waals surface area contributed by atoms with Gasteiger partial charge in [0.1, 0.15) is 29.4 Å². The summed E-state index contributed by atoms with van der Waals surface area (Å²) in [6.07, 6.45) is 1.66. The van der Waals surface area contributed by atoms with Gasteiger partial charge < -0.3 is 19.5 Å². The van der Waals surface area contributed by atoms with Crippen molar-refractivity contribution in [2.75, 3.05) is 25.1 Å². The maximum absolute atomic E-state index is 15.2. The van der Waals surface area contributed by atoms with Crippen LogP contribution in [0, 0.1) is 5.82 Å². The van der Waals surface area contributed by atoms with E-state index < -0.39 is 23.6 Å². The second-order valence-corrected chi connectivity index (χ2v) is 15.0. The lowest BCUT2D eigenvalue weighted by atomic mass is 10.0. The number of methoxy groups -OCH3 is 1. The number of hydrogen-bond acceptors (Lipinski definition) is 10. The van der Waals surface area contributed by atoms with Crippen LogP contribution in [-0.2, 0) is 19.1 Å². The minimum atomic E-state index is -4.59. The van der Waals surface area contributed by atoms with Gasteiger partial charge in [-0.2, -0.15) is 18.3 Å². The van der Waals surface area contributed by atoms with Crippen LogP contribution in [0.25, 0.3) is 33.5 Å². The van der Waals surface area contributed by atoms with E-state index in [-0.39, 0.29) is 55.0 Å². The average molecular weight is 833 g/mol. The van der Waals surface area contributed by atoms with Crippen molar-refractivity contribution in [3.63, 3.8) is 0 Å². The Morgan fingerprint density at radius 2 is 1.74 bits per heavy atom. The first-order valence-electron chi connectivity index (χ1n) is 19.6. The van der Waals surface area contributed by atoms with Gasteiger partial charge in [0.25, 0.3) is 11.5 Å². The smallest absolute Gasteiger partial charge is 0.434 e. The zero-order valence-corrected chi connectivity index (χ0v) is 33.4. The van der Waals surface area contributed by atoms with Crippen molar-refractivity contribution in [1.82, 2.24) is 45.0 Å². The van der Waals surface area contributed by atoms with E-state index in [1.165, 1.54) is 30.1 Å². The number of aromatic nitrogens is 8. The maximum Gasteiger partial charge on any atom is 0.434 e. The van der Waals surface area contributed by atoms with Crippen LogP contribution in [0.4, 0.5) is 23.4 Å². The molecule has 1 saturated carbocycles. The van der Waals surface area contributed by atoms with E-state index in [0.29, 0.717) is 50.7 Å². The van der Waals surface area contributed by atoms with E-state index in [9.17, 15) is 22.8 Å². The number of benzene rings is 3. The first kappa shape index (κ1) is 40.7. The van der Waals surface area contributed by atoms with Gasteiger partial charge in [0.15, 0.2) is 11.5 Å². The zero-order valence-electron chi connectivity index (χ0n) is 33.4. The minimum Gasteiger partial charge on any atom is -0.480 e. The van der Waals surface area contributed by atoms with Crippen LogP contribution in [0.15, 0.2) is 96.3 Å². The Balaban J connectivity index is 1.06. The first-order valence-corrected chi connectivity index (χ1v) is 19.6. The molecule has 0 radical (unpaired) electrons. The number of halogens is 4. The lowest BCUT2D eigenvalue weighted by molar-refractivity contribution is -0.140. The number of rotatable bonds is 14. The van der Waals surface area contributed by atoms with Crippen molar-refractivity contribution in [3.05, 3.63) is 141 Å². The van der Waals surface area contributed by atoms with E-state index in [2.05, 4.69) is 35.5 Å². The summed E-state index contributed by atoms with van der Waals surface area (Å²) in [4.78, 5) is 50.0. The van der Waals surface area contributed by atoms with Crippen molar-refractivity contribution >= 4 is 22.5 Å². The number of nitrogens with one attached hydrogen (secondary N) is 2. The first-order chi connectivity index (χ1) is 29.4. The number of nitrogens with zero attached hydrogens (tertiary/aromatic N) is 8.